The van der Waals surface area contributed by atoms with Gasteiger partial charge in [-0.2, -0.15) is 0 Å². The van der Waals surface area contributed by atoms with Gasteiger partial charge >= 0.3 is 0 Å². The van der Waals surface area contributed by atoms with Crippen LogP contribution in [0.3, 0.4) is 0 Å². The summed E-state index contributed by atoms with van der Waals surface area (Å²) in [4.78, 5) is 0.843. The van der Waals surface area contributed by atoms with E-state index >= 15 is 0 Å². The molecule has 0 amide bonds. The van der Waals surface area contributed by atoms with Crippen molar-refractivity contribution in [3.8, 4) is 17.0 Å². The van der Waals surface area contributed by atoms with E-state index < -0.39 is 0 Å². The van der Waals surface area contributed by atoms with Crippen LogP contribution < -0.4 is 10.5 Å². The second-order valence-electron chi connectivity index (χ2n) is 4.79. The van der Waals surface area contributed by atoms with E-state index in [9.17, 15) is 0 Å². The Morgan fingerprint density at radius 2 is 2.15 bits per heavy atom. The van der Waals surface area contributed by atoms with E-state index in [2.05, 4.69) is 28.6 Å². The molecule has 0 bridgehead atoms. The summed E-state index contributed by atoms with van der Waals surface area (Å²) < 4.78 is 7.48. The molecule has 0 fully saturated rings. The maximum Gasteiger partial charge on any atom is 0.216 e. The first kappa shape index (κ1) is 13.1. The smallest absolute Gasteiger partial charge is 0.216 e. The third-order valence-electron chi connectivity index (χ3n) is 3.21. The van der Waals surface area contributed by atoms with Crippen LogP contribution in [-0.4, -0.2) is 21.7 Å². The van der Waals surface area contributed by atoms with Gasteiger partial charge in [0, 0.05) is 10.9 Å². The van der Waals surface area contributed by atoms with Crippen LogP contribution in [0.1, 0.15) is 24.4 Å². The summed E-state index contributed by atoms with van der Waals surface area (Å²) in [7, 11) is 1.68. The van der Waals surface area contributed by atoms with Crippen molar-refractivity contribution in [2.75, 3.05) is 7.11 Å². The Labute approximate surface area is 121 Å². The first-order valence-electron chi connectivity index (χ1n) is 6.35. The van der Waals surface area contributed by atoms with Gasteiger partial charge < -0.3 is 10.5 Å². The highest BCUT2D eigenvalue weighted by molar-refractivity contribution is 7.15. The summed E-state index contributed by atoms with van der Waals surface area (Å²) in [5.74, 6) is 1.60. The molecule has 5 nitrogen and oxygen atoms in total. The molecule has 0 radical (unpaired) electrons. The summed E-state index contributed by atoms with van der Waals surface area (Å²) in [6.45, 7) is 3.97. The van der Waals surface area contributed by atoms with Gasteiger partial charge in [-0.05, 0) is 26.0 Å². The van der Waals surface area contributed by atoms with Gasteiger partial charge in [-0.15, -0.1) is 21.5 Å². The van der Waals surface area contributed by atoms with Crippen LogP contribution >= 0.6 is 11.3 Å². The molecular weight excluding hydrogens is 272 g/mol. The largest absolute Gasteiger partial charge is 0.496 e. The number of ether oxygens (including phenoxy) is 1. The first-order valence-corrected chi connectivity index (χ1v) is 7.23. The number of thiazole rings is 1. The minimum Gasteiger partial charge on any atom is -0.496 e. The van der Waals surface area contributed by atoms with E-state index in [0.29, 0.717) is 0 Å². The third kappa shape index (κ3) is 1.97. The lowest BCUT2D eigenvalue weighted by molar-refractivity contribution is 0.416. The Kier molecular flexibility index (Phi) is 3.19. The molecule has 104 valence electrons. The number of aryl methyl sites for hydroxylation is 1. The van der Waals surface area contributed by atoms with Gasteiger partial charge in [0.1, 0.15) is 5.75 Å². The highest BCUT2D eigenvalue weighted by Gasteiger charge is 2.18. The van der Waals surface area contributed by atoms with Crippen molar-refractivity contribution < 1.29 is 4.74 Å². The Balaban J connectivity index is 2.29. The molecule has 2 N–H and O–H groups in total. The fraction of sp³-hybridized carbons (Fsp3) is 0.286. The molecule has 0 spiro atoms. The number of fused-ring (bicyclic) bond motifs is 1. The highest BCUT2D eigenvalue weighted by Crippen LogP contribution is 2.34. The lowest BCUT2D eigenvalue weighted by atomic mass is 10.1. The predicted octanol–water partition coefficient (Wildman–Crippen LogP) is 2.79. The molecule has 0 aliphatic rings. The Morgan fingerprint density at radius 3 is 2.85 bits per heavy atom. The minimum atomic E-state index is -0.172. The number of benzene rings is 1. The zero-order valence-electron chi connectivity index (χ0n) is 11.6. The van der Waals surface area contributed by atoms with E-state index in [-0.39, 0.29) is 6.04 Å². The number of hydrogen-bond donors (Lipinski definition) is 1. The van der Waals surface area contributed by atoms with Crippen molar-refractivity contribution in [3.63, 3.8) is 0 Å². The van der Waals surface area contributed by atoms with Crippen LogP contribution in [-0.2, 0) is 0 Å². The normalized spacial score (nSPS) is 12.8. The minimum absolute atomic E-state index is 0.172. The van der Waals surface area contributed by atoms with Crippen LogP contribution in [0.5, 0.6) is 5.75 Å². The zero-order chi connectivity index (χ0) is 14.3. The molecule has 1 aromatic carbocycles. The van der Waals surface area contributed by atoms with Gasteiger partial charge in [0.2, 0.25) is 4.96 Å². The first-order chi connectivity index (χ1) is 9.61. The van der Waals surface area contributed by atoms with E-state index in [1.54, 1.807) is 18.4 Å². The molecule has 20 heavy (non-hydrogen) atoms. The van der Waals surface area contributed by atoms with E-state index in [1.165, 1.54) is 5.56 Å². The van der Waals surface area contributed by atoms with E-state index in [4.69, 9.17) is 10.5 Å². The Hall–Kier alpha value is -1.92. The second kappa shape index (κ2) is 4.88. The number of methoxy groups -OCH3 is 1. The van der Waals surface area contributed by atoms with Gasteiger partial charge in [-0.1, -0.05) is 11.6 Å². The molecule has 3 rings (SSSR count). The second-order valence-corrected chi connectivity index (χ2v) is 5.63. The quantitative estimate of drug-likeness (QED) is 0.805. The Morgan fingerprint density at radius 1 is 1.35 bits per heavy atom. The average molecular weight is 288 g/mol. The van der Waals surface area contributed by atoms with Gasteiger partial charge in [-0.3, -0.25) is 4.40 Å². The summed E-state index contributed by atoms with van der Waals surface area (Å²) in [5, 5.41) is 10.4. The standard InChI is InChI=1S/C14H16N4OS/c1-8-4-5-12(19-3)10(6-8)11-7-20-14-17-16-13(9(2)15)18(11)14/h4-7,9H,15H2,1-3H3. The summed E-state index contributed by atoms with van der Waals surface area (Å²) in [6, 6.07) is 5.94. The SMILES string of the molecule is COc1ccc(C)cc1-c1csc2nnc(C(C)N)n12. The molecule has 6 heteroatoms. The third-order valence-corrected chi connectivity index (χ3v) is 4.03. The molecule has 3 aromatic rings. The van der Waals surface area contributed by atoms with Crippen molar-refractivity contribution in [2.45, 2.75) is 19.9 Å². The number of nitrogens with two attached hydrogens (primary N) is 1. The van der Waals surface area contributed by atoms with Crippen LogP contribution in [0.15, 0.2) is 23.6 Å². The summed E-state index contributed by atoms with van der Waals surface area (Å²) in [6.07, 6.45) is 0. The van der Waals surface area contributed by atoms with Crippen LogP contribution in [0.25, 0.3) is 16.2 Å². The number of aromatic nitrogens is 3. The van der Waals surface area contributed by atoms with Gasteiger partial charge in [-0.25, -0.2) is 0 Å². The number of nitrogens with zero attached hydrogens (tertiary/aromatic N) is 3. The van der Waals surface area contributed by atoms with Gasteiger partial charge in [0.25, 0.3) is 0 Å². The van der Waals surface area contributed by atoms with E-state index in [1.807, 2.05) is 23.5 Å². The van der Waals surface area contributed by atoms with Crippen LogP contribution in [0.2, 0.25) is 0 Å². The molecular formula is C14H16N4OS. The fourth-order valence-corrected chi connectivity index (χ4v) is 3.08. The van der Waals surface area contributed by atoms with Crippen LogP contribution in [0.4, 0.5) is 0 Å². The number of hydrogen-bond acceptors (Lipinski definition) is 5. The Bertz CT molecular complexity index is 760. The number of rotatable bonds is 3. The van der Waals surface area contributed by atoms with Crippen molar-refractivity contribution in [3.05, 3.63) is 35.0 Å². The van der Waals surface area contributed by atoms with Gasteiger partial charge in [0.05, 0.1) is 18.8 Å². The lowest BCUT2D eigenvalue weighted by Crippen LogP contribution is -2.10. The molecule has 0 saturated carbocycles. The maximum absolute atomic E-state index is 5.98. The molecule has 1 atom stereocenters. The molecule has 2 aromatic heterocycles. The lowest BCUT2D eigenvalue weighted by Gasteiger charge is -2.10. The van der Waals surface area contributed by atoms with E-state index in [0.717, 1.165) is 27.8 Å². The molecule has 0 aliphatic carbocycles. The van der Waals surface area contributed by atoms with Crippen molar-refractivity contribution >= 4 is 16.3 Å². The van der Waals surface area contributed by atoms with Crippen molar-refractivity contribution in [1.29, 1.82) is 0 Å². The highest BCUT2D eigenvalue weighted by atomic mass is 32.1. The molecule has 1 unspecified atom stereocenters. The maximum atomic E-state index is 5.98. The fourth-order valence-electron chi connectivity index (χ4n) is 2.25. The van der Waals surface area contributed by atoms with Gasteiger partial charge in [0.15, 0.2) is 5.82 Å². The zero-order valence-corrected chi connectivity index (χ0v) is 12.4. The predicted molar refractivity (Wildman–Crippen MR) is 80.2 cm³/mol. The molecule has 0 aliphatic heterocycles. The average Bonchev–Trinajstić information content (AvgIpc) is 2.99. The molecule has 2 heterocycles. The monoisotopic (exact) mass is 288 g/mol. The van der Waals surface area contributed by atoms with Crippen LogP contribution in [0, 0.1) is 6.92 Å². The summed E-state index contributed by atoms with van der Waals surface area (Å²) >= 11 is 1.55. The van der Waals surface area contributed by atoms with Crippen molar-refractivity contribution in [2.24, 2.45) is 5.73 Å². The topological polar surface area (TPSA) is 65.4 Å². The summed E-state index contributed by atoms with van der Waals surface area (Å²) in [5.41, 5.74) is 9.20. The van der Waals surface area contributed by atoms with Crippen molar-refractivity contribution in [1.82, 2.24) is 14.6 Å². The molecule has 0 saturated heterocycles.